The molecular weight excluding hydrogens is 140 g/mol. The molecule has 0 amide bonds. The van der Waals surface area contributed by atoms with Crippen molar-refractivity contribution in [3.63, 3.8) is 0 Å². The number of unbranched alkanes of at least 4 members (excludes halogenated alkanes) is 1. The Bertz CT molecular complexity index is 128. The first-order valence-corrected chi connectivity index (χ1v) is 4.23. The van der Waals surface area contributed by atoms with Crippen molar-refractivity contribution in [2.24, 2.45) is 5.92 Å². The summed E-state index contributed by atoms with van der Waals surface area (Å²) in [5, 5.41) is 0. The summed E-state index contributed by atoms with van der Waals surface area (Å²) in [4.78, 5) is 10.6. The van der Waals surface area contributed by atoms with Crippen LogP contribution in [0.1, 0.15) is 32.1 Å². The fourth-order valence-corrected chi connectivity index (χ4v) is 1.11. The molecule has 0 aromatic carbocycles. The third kappa shape index (κ3) is 4.02. The maximum Gasteiger partial charge on any atom is 0.305 e. The van der Waals surface area contributed by atoms with Crippen molar-refractivity contribution in [3.05, 3.63) is 6.42 Å². The van der Waals surface area contributed by atoms with Crippen LogP contribution in [-0.4, -0.2) is 13.1 Å². The van der Waals surface area contributed by atoms with E-state index in [0.717, 1.165) is 18.8 Å². The van der Waals surface area contributed by atoms with Gasteiger partial charge in [-0.05, 0) is 25.2 Å². The molecular formula is C9H15O2. The van der Waals surface area contributed by atoms with E-state index in [1.165, 1.54) is 20.0 Å². The van der Waals surface area contributed by atoms with Gasteiger partial charge >= 0.3 is 5.97 Å². The lowest BCUT2D eigenvalue weighted by Gasteiger charge is -1.97. The highest BCUT2D eigenvalue weighted by Gasteiger charge is 2.20. The lowest BCUT2D eigenvalue weighted by Crippen LogP contribution is -1.99. The highest BCUT2D eigenvalue weighted by atomic mass is 16.5. The number of carbonyl (C=O) groups excluding carboxylic acids is 1. The van der Waals surface area contributed by atoms with E-state index in [9.17, 15) is 4.79 Å². The summed E-state index contributed by atoms with van der Waals surface area (Å²) in [5.41, 5.74) is 0. The molecule has 0 aliphatic heterocycles. The van der Waals surface area contributed by atoms with E-state index in [0.29, 0.717) is 6.42 Å². The predicted octanol–water partition coefficient (Wildman–Crippen LogP) is 1.94. The molecule has 1 atom stereocenters. The van der Waals surface area contributed by atoms with E-state index in [4.69, 9.17) is 0 Å². The maximum absolute atomic E-state index is 10.6. The van der Waals surface area contributed by atoms with Crippen LogP contribution < -0.4 is 0 Å². The summed E-state index contributed by atoms with van der Waals surface area (Å²) in [6.45, 7) is 0. The quantitative estimate of drug-likeness (QED) is 0.448. The van der Waals surface area contributed by atoms with Gasteiger partial charge in [-0.25, -0.2) is 0 Å². The molecule has 0 aromatic rings. The zero-order valence-electron chi connectivity index (χ0n) is 7.01. The highest BCUT2D eigenvalue weighted by molar-refractivity contribution is 5.68. The zero-order chi connectivity index (χ0) is 8.10. The van der Waals surface area contributed by atoms with Gasteiger partial charge in [0.25, 0.3) is 0 Å². The van der Waals surface area contributed by atoms with Crippen LogP contribution in [0, 0.1) is 12.3 Å². The Morgan fingerprint density at radius 2 is 2.36 bits per heavy atom. The van der Waals surface area contributed by atoms with Crippen LogP contribution >= 0.6 is 0 Å². The molecule has 11 heavy (non-hydrogen) atoms. The van der Waals surface area contributed by atoms with Gasteiger partial charge in [-0.3, -0.25) is 4.79 Å². The highest BCUT2D eigenvalue weighted by Crippen LogP contribution is 2.32. The Labute approximate surface area is 67.9 Å². The van der Waals surface area contributed by atoms with Crippen LogP contribution in [0.25, 0.3) is 0 Å². The molecule has 0 N–H and O–H groups in total. The molecule has 1 radical (unpaired) electrons. The molecule has 0 aromatic heterocycles. The van der Waals surface area contributed by atoms with Crippen molar-refractivity contribution in [2.45, 2.75) is 32.1 Å². The number of hydrogen-bond acceptors (Lipinski definition) is 2. The Morgan fingerprint density at radius 3 is 2.91 bits per heavy atom. The Kier molecular flexibility index (Phi) is 3.40. The second kappa shape index (κ2) is 4.37. The maximum atomic E-state index is 10.6. The predicted molar refractivity (Wildman–Crippen MR) is 42.9 cm³/mol. The van der Waals surface area contributed by atoms with Gasteiger partial charge < -0.3 is 4.74 Å². The van der Waals surface area contributed by atoms with Gasteiger partial charge in [0.2, 0.25) is 0 Å². The summed E-state index contributed by atoms with van der Waals surface area (Å²) >= 11 is 0. The van der Waals surface area contributed by atoms with Gasteiger partial charge in [-0.15, -0.1) is 0 Å². The van der Waals surface area contributed by atoms with Crippen molar-refractivity contribution in [1.82, 2.24) is 0 Å². The zero-order valence-corrected chi connectivity index (χ0v) is 7.01. The number of hydrogen-bond donors (Lipinski definition) is 0. The smallest absolute Gasteiger partial charge is 0.305 e. The van der Waals surface area contributed by atoms with E-state index in [1.807, 2.05) is 0 Å². The molecule has 0 spiro atoms. The lowest BCUT2D eigenvalue weighted by atomic mass is 10.1. The largest absolute Gasteiger partial charge is 0.469 e. The third-order valence-corrected chi connectivity index (χ3v) is 2.00. The van der Waals surface area contributed by atoms with Crippen molar-refractivity contribution in [2.75, 3.05) is 7.11 Å². The Morgan fingerprint density at radius 1 is 1.64 bits per heavy atom. The lowest BCUT2D eigenvalue weighted by molar-refractivity contribution is -0.140. The molecule has 1 aliphatic carbocycles. The first-order valence-electron chi connectivity index (χ1n) is 4.23. The van der Waals surface area contributed by atoms with Crippen molar-refractivity contribution >= 4 is 5.97 Å². The number of methoxy groups -OCH3 is 1. The minimum atomic E-state index is -0.0789. The summed E-state index contributed by atoms with van der Waals surface area (Å²) in [7, 11) is 1.44. The standard InChI is InChI=1S/C9H15O2/c1-11-9(10)5-3-2-4-8-6-7-8/h6,8H,2-5,7H2,1H3. The molecule has 63 valence electrons. The molecule has 1 fully saturated rings. The van der Waals surface area contributed by atoms with Crippen LogP contribution in [0.3, 0.4) is 0 Å². The Balaban J connectivity index is 1.82. The van der Waals surface area contributed by atoms with Crippen LogP contribution in [0.15, 0.2) is 0 Å². The molecule has 1 rings (SSSR count). The summed E-state index contributed by atoms with van der Waals surface area (Å²) in [5.74, 6) is 0.789. The van der Waals surface area contributed by atoms with Gasteiger partial charge in [0.15, 0.2) is 0 Å². The van der Waals surface area contributed by atoms with E-state index >= 15 is 0 Å². The minimum Gasteiger partial charge on any atom is -0.469 e. The fourth-order valence-electron chi connectivity index (χ4n) is 1.11. The van der Waals surface area contributed by atoms with Crippen molar-refractivity contribution < 1.29 is 9.53 Å². The first kappa shape index (κ1) is 8.57. The Hall–Kier alpha value is -0.530. The second-order valence-electron chi connectivity index (χ2n) is 3.05. The monoisotopic (exact) mass is 155 g/mol. The molecule has 2 heteroatoms. The normalized spacial score (nSPS) is 16.5. The molecule has 2 nitrogen and oxygen atoms in total. The molecule has 1 unspecified atom stereocenters. The molecule has 1 aliphatic rings. The first-order chi connectivity index (χ1) is 5.33. The summed E-state index contributed by atoms with van der Waals surface area (Å²) < 4.78 is 4.53. The number of carbonyl (C=O) groups is 1. The van der Waals surface area contributed by atoms with E-state index in [-0.39, 0.29) is 5.97 Å². The van der Waals surface area contributed by atoms with Gasteiger partial charge in [-0.2, -0.15) is 0 Å². The number of ether oxygens (including phenoxy) is 1. The molecule has 0 bridgehead atoms. The molecule has 0 saturated heterocycles. The SMILES string of the molecule is COC(=O)CCCCC1[CH]C1. The van der Waals surface area contributed by atoms with Gasteiger partial charge in [-0.1, -0.05) is 12.8 Å². The average molecular weight is 155 g/mol. The van der Waals surface area contributed by atoms with Crippen LogP contribution in [0.5, 0.6) is 0 Å². The third-order valence-electron chi connectivity index (χ3n) is 2.00. The van der Waals surface area contributed by atoms with Crippen molar-refractivity contribution in [3.8, 4) is 0 Å². The van der Waals surface area contributed by atoms with Gasteiger partial charge in [0.05, 0.1) is 7.11 Å². The van der Waals surface area contributed by atoms with Crippen molar-refractivity contribution in [1.29, 1.82) is 0 Å². The summed E-state index contributed by atoms with van der Waals surface area (Å²) in [6, 6.07) is 0. The topological polar surface area (TPSA) is 26.3 Å². The number of esters is 1. The van der Waals surface area contributed by atoms with E-state index in [1.54, 1.807) is 0 Å². The van der Waals surface area contributed by atoms with Gasteiger partial charge in [0.1, 0.15) is 0 Å². The van der Waals surface area contributed by atoms with Crippen LogP contribution in [0.4, 0.5) is 0 Å². The number of rotatable bonds is 5. The average Bonchev–Trinajstić information content (AvgIpc) is 2.81. The van der Waals surface area contributed by atoms with E-state index < -0.39 is 0 Å². The van der Waals surface area contributed by atoms with Crippen LogP contribution in [0.2, 0.25) is 0 Å². The molecule has 0 heterocycles. The van der Waals surface area contributed by atoms with Gasteiger partial charge in [0, 0.05) is 6.42 Å². The fraction of sp³-hybridized carbons (Fsp3) is 0.778. The summed E-state index contributed by atoms with van der Waals surface area (Å²) in [6.07, 6.45) is 7.60. The minimum absolute atomic E-state index is 0.0789. The molecule has 1 saturated carbocycles. The van der Waals surface area contributed by atoms with E-state index in [2.05, 4.69) is 11.2 Å². The second-order valence-corrected chi connectivity index (χ2v) is 3.05. The van der Waals surface area contributed by atoms with Crippen LogP contribution in [-0.2, 0) is 9.53 Å².